The molecule has 0 bridgehead atoms. The molecule has 0 aliphatic carbocycles. The van der Waals surface area contributed by atoms with Gasteiger partial charge in [0.25, 0.3) is 0 Å². The Morgan fingerprint density at radius 2 is 1.71 bits per heavy atom. The third kappa shape index (κ3) is 3.41. The molecule has 1 unspecified atom stereocenters. The van der Waals surface area contributed by atoms with E-state index >= 15 is 0 Å². The van der Waals surface area contributed by atoms with Crippen LogP contribution in [0.4, 0.5) is 0 Å². The molecule has 1 aromatic carbocycles. The van der Waals surface area contributed by atoms with Crippen molar-refractivity contribution in [2.75, 3.05) is 21.3 Å². The van der Waals surface area contributed by atoms with Gasteiger partial charge in [-0.25, -0.2) is 9.97 Å². The Labute approximate surface area is 123 Å². The molecule has 2 N–H and O–H groups in total. The van der Waals surface area contributed by atoms with Crippen LogP contribution in [0, 0.1) is 0 Å². The van der Waals surface area contributed by atoms with Crippen LogP contribution in [0.1, 0.15) is 17.3 Å². The molecule has 0 aliphatic heterocycles. The van der Waals surface area contributed by atoms with E-state index in [1.165, 1.54) is 6.33 Å². The van der Waals surface area contributed by atoms with E-state index in [4.69, 9.17) is 19.9 Å². The fourth-order valence-electron chi connectivity index (χ4n) is 2.17. The zero-order chi connectivity index (χ0) is 15.2. The van der Waals surface area contributed by atoms with E-state index in [1.807, 2.05) is 18.2 Å². The number of nitrogens with zero attached hydrogens (tertiary/aromatic N) is 2. The monoisotopic (exact) mass is 289 g/mol. The maximum atomic E-state index is 6.31. The predicted octanol–water partition coefficient (Wildman–Crippen LogP) is 1.74. The molecule has 1 atom stereocenters. The molecule has 112 valence electrons. The highest BCUT2D eigenvalue weighted by Crippen LogP contribution is 2.34. The van der Waals surface area contributed by atoms with Gasteiger partial charge in [0.1, 0.15) is 17.8 Å². The first kappa shape index (κ1) is 15.1. The van der Waals surface area contributed by atoms with Crippen LogP contribution in [0.25, 0.3) is 0 Å². The molecular formula is C15H19N3O3. The predicted molar refractivity (Wildman–Crippen MR) is 78.8 cm³/mol. The second-order valence-corrected chi connectivity index (χ2v) is 4.44. The van der Waals surface area contributed by atoms with Gasteiger partial charge in [-0.1, -0.05) is 6.07 Å². The Hall–Kier alpha value is -2.34. The minimum absolute atomic E-state index is 0.310. The summed E-state index contributed by atoms with van der Waals surface area (Å²) in [6.45, 7) is 0. The second-order valence-electron chi connectivity index (χ2n) is 4.44. The summed E-state index contributed by atoms with van der Waals surface area (Å²) in [6.07, 6.45) is 1.98. The summed E-state index contributed by atoms with van der Waals surface area (Å²) in [4.78, 5) is 8.19. The summed E-state index contributed by atoms with van der Waals surface area (Å²) in [5.41, 5.74) is 7.92. The zero-order valence-corrected chi connectivity index (χ0v) is 12.4. The Balaban J connectivity index is 2.29. The van der Waals surface area contributed by atoms with Crippen LogP contribution < -0.4 is 19.9 Å². The lowest BCUT2D eigenvalue weighted by Gasteiger charge is -2.18. The van der Waals surface area contributed by atoms with Gasteiger partial charge in [-0.05, 0) is 12.1 Å². The fourth-order valence-corrected chi connectivity index (χ4v) is 2.17. The molecule has 1 heterocycles. The second kappa shape index (κ2) is 6.90. The minimum Gasteiger partial charge on any atom is -0.496 e. The summed E-state index contributed by atoms with van der Waals surface area (Å²) < 4.78 is 15.8. The van der Waals surface area contributed by atoms with Crippen molar-refractivity contribution in [2.45, 2.75) is 12.5 Å². The first-order valence-corrected chi connectivity index (χ1v) is 6.51. The minimum atomic E-state index is -0.310. The van der Waals surface area contributed by atoms with E-state index in [2.05, 4.69) is 9.97 Å². The third-order valence-corrected chi connectivity index (χ3v) is 3.17. The third-order valence-electron chi connectivity index (χ3n) is 3.17. The molecule has 0 aliphatic rings. The smallest absolute Gasteiger partial charge is 0.216 e. The van der Waals surface area contributed by atoms with Crippen LogP contribution in [0.15, 0.2) is 30.6 Å². The highest BCUT2D eigenvalue weighted by atomic mass is 16.5. The van der Waals surface area contributed by atoms with Crippen molar-refractivity contribution in [1.82, 2.24) is 9.97 Å². The van der Waals surface area contributed by atoms with Gasteiger partial charge in [-0.15, -0.1) is 0 Å². The zero-order valence-electron chi connectivity index (χ0n) is 12.4. The summed E-state index contributed by atoms with van der Waals surface area (Å²) in [5.74, 6) is 1.91. The highest BCUT2D eigenvalue weighted by Gasteiger charge is 2.18. The van der Waals surface area contributed by atoms with Crippen LogP contribution in [0.2, 0.25) is 0 Å². The molecule has 6 heteroatoms. The SMILES string of the molecule is COc1cc(CC(N)c2c(OC)cccc2OC)ncn1. The molecule has 0 radical (unpaired) electrons. The van der Waals surface area contributed by atoms with E-state index in [9.17, 15) is 0 Å². The van der Waals surface area contributed by atoms with E-state index in [1.54, 1.807) is 27.4 Å². The number of hydrogen-bond acceptors (Lipinski definition) is 6. The van der Waals surface area contributed by atoms with Gasteiger partial charge >= 0.3 is 0 Å². The molecule has 21 heavy (non-hydrogen) atoms. The van der Waals surface area contributed by atoms with Crippen molar-refractivity contribution in [1.29, 1.82) is 0 Å². The normalized spacial score (nSPS) is 11.8. The quantitative estimate of drug-likeness (QED) is 0.872. The summed E-state index contributed by atoms with van der Waals surface area (Å²) >= 11 is 0. The van der Waals surface area contributed by atoms with E-state index in [0.29, 0.717) is 23.8 Å². The lowest BCUT2D eigenvalue weighted by Crippen LogP contribution is -2.16. The van der Waals surface area contributed by atoms with Gasteiger partial charge in [0.05, 0.1) is 26.9 Å². The maximum Gasteiger partial charge on any atom is 0.216 e. The summed E-state index contributed by atoms with van der Waals surface area (Å²) in [6, 6.07) is 7.04. The van der Waals surface area contributed by atoms with Gasteiger partial charge < -0.3 is 19.9 Å². The van der Waals surface area contributed by atoms with Gasteiger partial charge in [0, 0.05) is 24.2 Å². The Kier molecular flexibility index (Phi) is 4.94. The van der Waals surface area contributed by atoms with Crippen molar-refractivity contribution in [2.24, 2.45) is 5.73 Å². The van der Waals surface area contributed by atoms with Crippen LogP contribution >= 0.6 is 0 Å². The van der Waals surface area contributed by atoms with Crippen LogP contribution in [0.5, 0.6) is 17.4 Å². The first-order valence-electron chi connectivity index (χ1n) is 6.51. The fraction of sp³-hybridized carbons (Fsp3) is 0.333. The van der Waals surface area contributed by atoms with Gasteiger partial charge in [-0.3, -0.25) is 0 Å². The number of rotatable bonds is 6. The van der Waals surface area contributed by atoms with Gasteiger partial charge in [-0.2, -0.15) is 0 Å². The lowest BCUT2D eigenvalue weighted by atomic mass is 10.0. The molecule has 2 aromatic rings. The standard InChI is InChI=1S/C15H19N3O3/c1-19-12-5-4-6-13(20-2)15(12)11(16)7-10-8-14(21-3)18-9-17-10/h4-6,8-9,11H,7,16H2,1-3H3. The highest BCUT2D eigenvalue weighted by molar-refractivity contribution is 5.47. The number of nitrogens with two attached hydrogens (primary N) is 1. The summed E-state index contributed by atoms with van der Waals surface area (Å²) in [7, 11) is 4.78. The first-order chi connectivity index (χ1) is 10.2. The van der Waals surface area contributed by atoms with Crippen LogP contribution in [0.3, 0.4) is 0 Å². The van der Waals surface area contributed by atoms with Crippen molar-refractivity contribution >= 4 is 0 Å². The molecular weight excluding hydrogens is 270 g/mol. The molecule has 2 rings (SSSR count). The maximum absolute atomic E-state index is 6.31. The van der Waals surface area contributed by atoms with Gasteiger partial charge in [0.15, 0.2) is 0 Å². The number of aromatic nitrogens is 2. The molecule has 6 nitrogen and oxygen atoms in total. The van der Waals surface area contributed by atoms with Crippen LogP contribution in [-0.2, 0) is 6.42 Å². The number of ether oxygens (including phenoxy) is 3. The van der Waals surface area contributed by atoms with E-state index < -0.39 is 0 Å². The van der Waals surface area contributed by atoms with Gasteiger partial charge in [0.2, 0.25) is 5.88 Å². The summed E-state index contributed by atoms with van der Waals surface area (Å²) in [5, 5.41) is 0. The average Bonchev–Trinajstić information content (AvgIpc) is 2.53. The molecule has 0 amide bonds. The van der Waals surface area contributed by atoms with Crippen LogP contribution in [-0.4, -0.2) is 31.3 Å². The Bertz CT molecular complexity index is 582. The Morgan fingerprint density at radius 1 is 1.05 bits per heavy atom. The average molecular weight is 289 g/mol. The number of hydrogen-bond donors (Lipinski definition) is 1. The molecule has 0 saturated heterocycles. The van der Waals surface area contributed by atoms with Crippen molar-refractivity contribution in [3.8, 4) is 17.4 Å². The molecule has 0 saturated carbocycles. The van der Waals surface area contributed by atoms with Crippen molar-refractivity contribution in [3.05, 3.63) is 41.9 Å². The van der Waals surface area contributed by atoms with E-state index in [-0.39, 0.29) is 6.04 Å². The molecule has 0 fully saturated rings. The Morgan fingerprint density at radius 3 is 2.29 bits per heavy atom. The number of benzene rings is 1. The van der Waals surface area contributed by atoms with E-state index in [0.717, 1.165) is 11.3 Å². The largest absolute Gasteiger partial charge is 0.496 e. The van der Waals surface area contributed by atoms with Crippen molar-refractivity contribution in [3.63, 3.8) is 0 Å². The van der Waals surface area contributed by atoms with Crippen molar-refractivity contribution < 1.29 is 14.2 Å². The molecule has 1 aromatic heterocycles. The topological polar surface area (TPSA) is 79.5 Å². The number of methoxy groups -OCH3 is 3. The lowest BCUT2D eigenvalue weighted by molar-refractivity contribution is 0.378. The molecule has 0 spiro atoms.